The molecule has 4 nitrogen and oxygen atoms in total. The third kappa shape index (κ3) is 4.05. The summed E-state index contributed by atoms with van der Waals surface area (Å²) in [6, 6.07) is 8.43. The van der Waals surface area contributed by atoms with E-state index < -0.39 is 0 Å². The molecule has 2 atom stereocenters. The molecule has 1 aliphatic rings. The highest BCUT2D eigenvalue weighted by Crippen LogP contribution is 2.16. The molecular formula is C16H25N3O. The molecule has 2 rings (SSSR count). The van der Waals surface area contributed by atoms with Crippen LogP contribution in [0, 0.1) is 0 Å². The first-order chi connectivity index (χ1) is 9.56. The molecule has 1 aromatic rings. The van der Waals surface area contributed by atoms with E-state index in [1.807, 2.05) is 26.2 Å². The van der Waals surface area contributed by atoms with Crippen molar-refractivity contribution < 1.29 is 4.79 Å². The van der Waals surface area contributed by atoms with Crippen LogP contribution in [0.25, 0.3) is 0 Å². The van der Waals surface area contributed by atoms with E-state index >= 15 is 0 Å². The average molecular weight is 275 g/mol. The molecule has 1 unspecified atom stereocenters. The van der Waals surface area contributed by atoms with Gasteiger partial charge in [-0.1, -0.05) is 24.3 Å². The molecule has 0 saturated heterocycles. The molecule has 0 aromatic heterocycles. The second-order valence-electron chi connectivity index (χ2n) is 5.91. The standard InChI is InChI=1S/C16H25N3O/c1-12(8-9-19(2)3)18-16(20)15-10-13-6-4-5-7-14(13)11-17-15/h4-7,12,15,17H,8-11H2,1-3H3,(H,18,20)/t12?,15-/m0/s1. The van der Waals surface area contributed by atoms with E-state index in [0.717, 1.165) is 25.9 Å². The zero-order valence-electron chi connectivity index (χ0n) is 12.6. The maximum atomic E-state index is 12.3. The normalized spacial score (nSPS) is 19.5. The molecule has 4 heteroatoms. The minimum Gasteiger partial charge on any atom is -0.352 e. The first-order valence-electron chi connectivity index (χ1n) is 7.31. The fourth-order valence-corrected chi connectivity index (χ4v) is 2.51. The van der Waals surface area contributed by atoms with Crippen LogP contribution in [-0.4, -0.2) is 43.5 Å². The van der Waals surface area contributed by atoms with Gasteiger partial charge >= 0.3 is 0 Å². The highest BCUT2D eigenvalue weighted by molar-refractivity contribution is 5.82. The molecule has 0 radical (unpaired) electrons. The SMILES string of the molecule is CC(CCN(C)C)NC(=O)[C@@H]1Cc2ccccc2CN1. The zero-order valence-corrected chi connectivity index (χ0v) is 12.6. The average Bonchev–Trinajstić information content (AvgIpc) is 2.44. The molecule has 1 aromatic carbocycles. The highest BCUT2D eigenvalue weighted by Gasteiger charge is 2.24. The van der Waals surface area contributed by atoms with Crippen molar-refractivity contribution in [3.05, 3.63) is 35.4 Å². The lowest BCUT2D eigenvalue weighted by atomic mass is 9.95. The summed E-state index contributed by atoms with van der Waals surface area (Å²) in [5.74, 6) is 0.116. The van der Waals surface area contributed by atoms with Crippen LogP contribution in [0.15, 0.2) is 24.3 Å². The molecule has 0 saturated carbocycles. The molecule has 2 N–H and O–H groups in total. The molecule has 0 spiro atoms. The summed E-state index contributed by atoms with van der Waals surface area (Å²) in [5, 5.41) is 6.43. The Morgan fingerprint density at radius 1 is 1.40 bits per heavy atom. The van der Waals surface area contributed by atoms with E-state index in [1.54, 1.807) is 0 Å². The molecular weight excluding hydrogens is 250 g/mol. The fourth-order valence-electron chi connectivity index (χ4n) is 2.51. The Labute approximate surface area is 121 Å². The predicted molar refractivity (Wildman–Crippen MR) is 81.5 cm³/mol. The van der Waals surface area contributed by atoms with Gasteiger partial charge in [0.1, 0.15) is 0 Å². The molecule has 1 heterocycles. The molecule has 110 valence electrons. The Kier molecular flexibility index (Phi) is 5.15. The van der Waals surface area contributed by atoms with Gasteiger partial charge in [-0.2, -0.15) is 0 Å². The number of rotatable bonds is 5. The van der Waals surface area contributed by atoms with Gasteiger partial charge < -0.3 is 15.5 Å². The van der Waals surface area contributed by atoms with Crippen LogP contribution in [0.3, 0.4) is 0 Å². The number of benzene rings is 1. The van der Waals surface area contributed by atoms with Gasteiger partial charge in [-0.05, 0) is 51.5 Å². The molecule has 20 heavy (non-hydrogen) atoms. The summed E-state index contributed by atoms with van der Waals surface area (Å²) in [5.41, 5.74) is 2.59. The third-order valence-corrected chi connectivity index (χ3v) is 3.80. The first-order valence-corrected chi connectivity index (χ1v) is 7.31. The summed E-state index contributed by atoms with van der Waals surface area (Å²) in [7, 11) is 4.10. The number of nitrogens with zero attached hydrogens (tertiary/aromatic N) is 1. The predicted octanol–water partition coefficient (Wildman–Crippen LogP) is 1.16. The number of amides is 1. The Bertz CT molecular complexity index is 459. The van der Waals surface area contributed by atoms with E-state index in [-0.39, 0.29) is 18.0 Å². The fraction of sp³-hybridized carbons (Fsp3) is 0.562. The Morgan fingerprint density at radius 2 is 2.10 bits per heavy atom. The first kappa shape index (κ1) is 15.0. The number of fused-ring (bicyclic) bond motifs is 1. The maximum Gasteiger partial charge on any atom is 0.237 e. The van der Waals surface area contributed by atoms with Gasteiger partial charge in [0.25, 0.3) is 0 Å². The van der Waals surface area contributed by atoms with Crippen molar-refractivity contribution in [2.75, 3.05) is 20.6 Å². The van der Waals surface area contributed by atoms with Crippen LogP contribution in [0.1, 0.15) is 24.5 Å². The molecule has 0 aliphatic carbocycles. The monoisotopic (exact) mass is 275 g/mol. The number of carbonyl (C=O) groups is 1. The van der Waals surface area contributed by atoms with Gasteiger partial charge in [0.05, 0.1) is 6.04 Å². The van der Waals surface area contributed by atoms with Crippen LogP contribution in [-0.2, 0) is 17.8 Å². The van der Waals surface area contributed by atoms with Crippen LogP contribution >= 0.6 is 0 Å². The van der Waals surface area contributed by atoms with Crippen LogP contribution < -0.4 is 10.6 Å². The van der Waals surface area contributed by atoms with E-state index in [1.165, 1.54) is 11.1 Å². The number of carbonyl (C=O) groups excluding carboxylic acids is 1. The maximum absolute atomic E-state index is 12.3. The minimum absolute atomic E-state index is 0.105. The second-order valence-corrected chi connectivity index (χ2v) is 5.91. The summed E-state index contributed by atoms with van der Waals surface area (Å²) in [4.78, 5) is 14.4. The number of hydrogen-bond donors (Lipinski definition) is 2. The molecule has 1 aliphatic heterocycles. The lowest BCUT2D eigenvalue weighted by molar-refractivity contribution is -0.124. The summed E-state index contributed by atoms with van der Waals surface area (Å²) in [6.07, 6.45) is 1.75. The Morgan fingerprint density at radius 3 is 2.80 bits per heavy atom. The Hall–Kier alpha value is -1.39. The van der Waals surface area contributed by atoms with Gasteiger partial charge in [0.15, 0.2) is 0 Å². The lowest BCUT2D eigenvalue weighted by Gasteiger charge is -2.27. The van der Waals surface area contributed by atoms with E-state index in [2.05, 4.69) is 34.6 Å². The molecule has 1 amide bonds. The Balaban J connectivity index is 1.85. The quantitative estimate of drug-likeness (QED) is 0.847. The smallest absolute Gasteiger partial charge is 0.237 e. The van der Waals surface area contributed by atoms with E-state index in [9.17, 15) is 4.79 Å². The topological polar surface area (TPSA) is 44.4 Å². The summed E-state index contributed by atoms with van der Waals surface area (Å²) in [6.45, 7) is 3.83. The van der Waals surface area contributed by atoms with Crippen LogP contribution in [0.2, 0.25) is 0 Å². The van der Waals surface area contributed by atoms with Crippen molar-refractivity contribution in [3.8, 4) is 0 Å². The summed E-state index contributed by atoms with van der Waals surface area (Å²) >= 11 is 0. The lowest BCUT2D eigenvalue weighted by Crippen LogP contribution is -2.50. The van der Waals surface area contributed by atoms with Crippen molar-refractivity contribution in [1.82, 2.24) is 15.5 Å². The van der Waals surface area contributed by atoms with Crippen molar-refractivity contribution in [3.63, 3.8) is 0 Å². The van der Waals surface area contributed by atoms with Gasteiger partial charge in [0.2, 0.25) is 5.91 Å². The minimum atomic E-state index is -0.105. The second kappa shape index (κ2) is 6.86. The van der Waals surface area contributed by atoms with E-state index in [4.69, 9.17) is 0 Å². The van der Waals surface area contributed by atoms with Crippen molar-refractivity contribution in [2.45, 2.75) is 38.4 Å². The zero-order chi connectivity index (χ0) is 14.5. The van der Waals surface area contributed by atoms with Gasteiger partial charge in [0, 0.05) is 12.6 Å². The van der Waals surface area contributed by atoms with Gasteiger partial charge in [-0.25, -0.2) is 0 Å². The molecule has 0 fully saturated rings. The van der Waals surface area contributed by atoms with Crippen molar-refractivity contribution in [1.29, 1.82) is 0 Å². The van der Waals surface area contributed by atoms with Gasteiger partial charge in [-0.3, -0.25) is 4.79 Å². The van der Waals surface area contributed by atoms with Crippen molar-refractivity contribution in [2.24, 2.45) is 0 Å². The third-order valence-electron chi connectivity index (χ3n) is 3.80. The summed E-state index contributed by atoms with van der Waals surface area (Å²) < 4.78 is 0. The largest absolute Gasteiger partial charge is 0.352 e. The molecule has 0 bridgehead atoms. The van der Waals surface area contributed by atoms with Gasteiger partial charge in [-0.15, -0.1) is 0 Å². The number of nitrogens with one attached hydrogen (secondary N) is 2. The number of hydrogen-bond acceptors (Lipinski definition) is 3. The van der Waals surface area contributed by atoms with Crippen molar-refractivity contribution >= 4 is 5.91 Å². The van der Waals surface area contributed by atoms with E-state index in [0.29, 0.717) is 0 Å². The highest BCUT2D eigenvalue weighted by atomic mass is 16.2. The van der Waals surface area contributed by atoms with Crippen LogP contribution in [0.5, 0.6) is 0 Å². The van der Waals surface area contributed by atoms with Crippen LogP contribution in [0.4, 0.5) is 0 Å².